The van der Waals surface area contributed by atoms with Crippen LogP contribution in [0.15, 0.2) is 22.6 Å². The van der Waals surface area contributed by atoms with Crippen molar-refractivity contribution >= 4 is 28.5 Å². The molecule has 0 saturated carbocycles. The number of furan rings is 1. The van der Waals surface area contributed by atoms with Crippen molar-refractivity contribution in [1.82, 2.24) is 9.97 Å². The minimum Gasteiger partial charge on any atom is -0.443 e. The lowest BCUT2D eigenvalue weighted by Crippen LogP contribution is -2.41. The molecule has 6 nitrogen and oxygen atoms in total. The Bertz CT molecular complexity index is 1070. The van der Waals surface area contributed by atoms with Crippen LogP contribution in [-0.4, -0.2) is 29.0 Å². The molecule has 1 fully saturated rings. The van der Waals surface area contributed by atoms with E-state index in [1.165, 1.54) is 0 Å². The molecule has 3 heterocycles. The number of aromatic nitrogens is 2. The molecular formula is C23H28N4O2. The van der Waals surface area contributed by atoms with Crippen LogP contribution in [0, 0.1) is 40.5 Å². The number of hydrogen-bond donors (Lipinski definition) is 1. The molecule has 29 heavy (non-hydrogen) atoms. The van der Waals surface area contributed by atoms with Gasteiger partial charge >= 0.3 is 0 Å². The summed E-state index contributed by atoms with van der Waals surface area (Å²) in [5.74, 6) is 2.42. The second kappa shape index (κ2) is 7.50. The summed E-state index contributed by atoms with van der Waals surface area (Å²) in [6, 6.07) is 6.07. The molecule has 0 aliphatic carbocycles. The standard InChI is InChI=1S/C23H28N4O2/c1-13-8-6-9-14(2)20(13)26-22(28)18-10-7-11-27(12-18)21-19-15(3)16(4)29-23(19)25-17(5)24-21/h6,8-9,18H,7,10-12H2,1-5H3,(H,26,28)/t18-/m0/s1. The van der Waals surface area contributed by atoms with Gasteiger partial charge in [-0.15, -0.1) is 0 Å². The fourth-order valence-corrected chi connectivity index (χ4v) is 4.18. The molecule has 0 unspecified atom stereocenters. The fraction of sp³-hybridized carbons (Fsp3) is 0.435. The summed E-state index contributed by atoms with van der Waals surface area (Å²) in [4.78, 5) is 24.5. The highest BCUT2D eigenvalue weighted by atomic mass is 16.3. The lowest BCUT2D eigenvalue weighted by molar-refractivity contribution is -0.120. The number of piperidine rings is 1. The van der Waals surface area contributed by atoms with Crippen molar-refractivity contribution in [2.24, 2.45) is 5.92 Å². The van der Waals surface area contributed by atoms with E-state index in [9.17, 15) is 4.79 Å². The molecule has 2 aromatic heterocycles. The largest absolute Gasteiger partial charge is 0.443 e. The van der Waals surface area contributed by atoms with Crippen LogP contribution in [0.1, 0.15) is 41.1 Å². The average molecular weight is 393 g/mol. The quantitative estimate of drug-likeness (QED) is 0.704. The summed E-state index contributed by atoms with van der Waals surface area (Å²) < 4.78 is 5.83. The number of hydrogen-bond acceptors (Lipinski definition) is 5. The number of anilines is 2. The van der Waals surface area contributed by atoms with Gasteiger partial charge in [0.15, 0.2) is 0 Å². The van der Waals surface area contributed by atoms with Crippen LogP contribution in [0.25, 0.3) is 11.1 Å². The van der Waals surface area contributed by atoms with Crippen molar-refractivity contribution < 1.29 is 9.21 Å². The molecule has 0 bridgehead atoms. The summed E-state index contributed by atoms with van der Waals surface area (Å²) in [5, 5.41) is 4.13. The van der Waals surface area contributed by atoms with Crippen molar-refractivity contribution in [3.63, 3.8) is 0 Å². The van der Waals surface area contributed by atoms with Gasteiger partial charge in [-0.1, -0.05) is 18.2 Å². The van der Waals surface area contributed by atoms with E-state index in [-0.39, 0.29) is 11.8 Å². The van der Waals surface area contributed by atoms with Crippen molar-refractivity contribution in [3.8, 4) is 0 Å². The average Bonchev–Trinajstić information content (AvgIpc) is 2.97. The number of aryl methyl sites for hydroxylation is 5. The second-order valence-corrected chi connectivity index (χ2v) is 8.10. The maximum atomic E-state index is 13.1. The van der Waals surface area contributed by atoms with Crippen LogP contribution >= 0.6 is 0 Å². The van der Waals surface area contributed by atoms with Crippen molar-refractivity contribution in [1.29, 1.82) is 0 Å². The molecule has 4 rings (SSSR count). The van der Waals surface area contributed by atoms with Crippen LogP contribution < -0.4 is 10.2 Å². The Kier molecular flexibility index (Phi) is 5.03. The maximum absolute atomic E-state index is 13.1. The lowest BCUT2D eigenvalue weighted by atomic mass is 9.96. The molecule has 1 aromatic carbocycles. The summed E-state index contributed by atoms with van der Waals surface area (Å²) in [6.45, 7) is 11.4. The zero-order valence-corrected chi connectivity index (χ0v) is 17.8. The molecular weight excluding hydrogens is 364 g/mol. The molecule has 6 heteroatoms. The highest BCUT2D eigenvalue weighted by Crippen LogP contribution is 2.33. The Morgan fingerprint density at radius 2 is 1.86 bits per heavy atom. The van der Waals surface area contributed by atoms with Gasteiger partial charge in [-0.3, -0.25) is 4.79 Å². The smallest absolute Gasteiger partial charge is 0.231 e. The van der Waals surface area contributed by atoms with Crippen LogP contribution in [0.3, 0.4) is 0 Å². The Morgan fingerprint density at radius 3 is 2.59 bits per heavy atom. The summed E-state index contributed by atoms with van der Waals surface area (Å²) in [6.07, 6.45) is 1.83. The van der Waals surface area contributed by atoms with Gasteiger partial charge in [0.05, 0.1) is 11.3 Å². The first-order chi connectivity index (χ1) is 13.8. The normalized spacial score (nSPS) is 17.0. The van der Waals surface area contributed by atoms with E-state index in [0.717, 1.165) is 58.7 Å². The number of fused-ring (bicyclic) bond motifs is 1. The molecule has 1 saturated heterocycles. The summed E-state index contributed by atoms with van der Waals surface area (Å²) in [5.41, 5.74) is 4.80. The van der Waals surface area contributed by atoms with E-state index in [1.54, 1.807) is 0 Å². The molecule has 1 aliphatic heterocycles. The number of nitrogens with one attached hydrogen (secondary N) is 1. The van der Waals surface area contributed by atoms with Crippen molar-refractivity contribution in [2.45, 2.75) is 47.5 Å². The predicted molar refractivity (Wildman–Crippen MR) is 115 cm³/mol. The third kappa shape index (κ3) is 3.59. The highest BCUT2D eigenvalue weighted by molar-refractivity contribution is 5.95. The maximum Gasteiger partial charge on any atom is 0.231 e. The zero-order chi connectivity index (χ0) is 20.7. The molecule has 1 atom stereocenters. The minimum absolute atomic E-state index is 0.0780. The van der Waals surface area contributed by atoms with Crippen molar-refractivity contribution in [3.05, 3.63) is 46.5 Å². The monoisotopic (exact) mass is 392 g/mol. The van der Waals surface area contributed by atoms with E-state index in [0.29, 0.717) is 18.1 Å². The number of carbonyl (C=O) groups excluding carboxylic acids is 1. The predicted octanol–water partition coefficient (Wildman–Crippen LogP) is 4.62. The van der Waals surface area contributed by atoms with Gasteiger partial charge in [0, 0.05) is 24.3 Å². The van der Waals surface area contributed by atoms with E-state index in [2.05, 4.69) is 15.2 Å². The molecule has 0 radical (unpaired) electrons. The third-order valence-corrected chi connectivity index (χ3v) is 5.94. The third-order valence-electron chi connectivity index (χ3n) is 5.94. The fourth-order valence-electron chi connectivity index (χ4n) is 4.18. The molecule has 0 spiro atoms. The van der Waals surface area contributed by atoms with E-state index in [4.69, 9.17) is 9.40 Å². The Labute approximate surface area is 171 Å². The zero-order valence-electron chi connectivity index (χ0n) is 17.8. The number of carbonyl (C=O) groups is 1. The van der Waals surface area contributed by atoms with E-state index in [1.807, 2.05) is 52.8 Å². The minimum atomic E-state index is -0.0821. The first-order valence-electron chi connectivity index (χ1n) is 10.2. The van der Waals surface area contributed by atoms with E-state index < -0.39 is 0 Å². The van der Waals surface area contributed by atoms with Gasteiger partial charge < -0.3 is 14.6 Å². The van der Waals surface area contributed by atoms with Gasteiger partial charge in [-0.25, -0.2) is 4.98 Å². The van der Waals surface area contributed by atoms with Crippen LogP contribution in [0.5, 0.6) is 0 Å². The SMILES string of the molecule is Cc1nc(N2CCC[C@H](C(=O)Nc3c(C)cccc3C)C2)c2c(C)c(C)oc2n1. The number of nitrogens with zero attached hydrogens (tertiary/aromatic N) is 3. The summed E-state index contributed by atoms with van der Waals surface area (Å²) in [7, 11) is 0. The van der Waals surface area contributed by atoms with Crippen LogP contribution in [0.2, 0.25) is 0 Å². The molecule has 1 amide bonds. The van der Waals surface area contributed by atoms with Crippen LogP contribution in [0.4, 0.5) is 11.5 Å². The lowest BCUT2D eigenvalue weighted by Gasteiger charge is -2.33. The first-order valence-corrected chi connectivity index (χ1v) is 10.2. The second-order valence-electron chi connectivity index (χ2n) is 8.10. The van der Waals surface area contributed by atoms with Gasteiger partial charge in [0.25, 0.3) is 0 Å². The van der Waals surface area contributed by atoms with E-state index >= 15 is 0 Å². The topological polar surface area (TPSA) is 71.3 Å². The van der Waals surface area contributed by atoms with Gasteiger partial charge in [-0.2, -0.15) is 4.98 Å². The Morgan fingerprint density at radius 1 is 1.14 bits per heavy atom. The number of amides is 1. The molecule has 1 N–H and O–H groups in total. The number of benzene rings is 1. The first kappa shape index (κ1) is 19.4. The molecule has 1 aliphatic rings. The molecule has 152 valence electrons. The Hall–Kier alpha value is -2.89. The Balaban J connectivity index is 1.61. The van der Waals surface area contributed by atoms with Gasteiger partial charge in [0.1, 0.15) is 17.4 Å². The van der Waals surface area contributed by atoms with Crippen LogP contribution in [-0.2, 0) is 4.79 Å². The van der Waals surface area contributed by atoms with Crippen molar-refractivity contribution in [2.75, 3.05) is 23.3 Å². The highest BCUT2D eigenvalue weighted by Gasteiger charge is 2.29. The van der Waals surface area contributed by atoms with Gasteiger partial charge in [-0.05, 0) is 58.6 Å². The number of para-hydroxylation sites is 1. The number of rotatable bonds is 3. The molecule has 3 aromatic rings. The van der Waals surface area contributed by atoms with Gasteiger partial charge in [0.2, 0.25) is 11.6 Å². The summed E-state index contributed by atoms with van der Waals surface area (Å²) >= 11 is 0.